The Morgan fingerprint density at radius 3 is 2.70 bits per heavy atom. The van der Waals surface area contributed by atoms with Crippen LogP contribution in [0.5, 0.6) is 5.75 Å². The molecule has 4 heteroatoms. The highest BCUT2D eigenvalue weighted by atomic mass is 16.5. The van der Waals surface area contributed by atoms with Crippen molar-refractivity contribution in [3.05, 3.63) is 52.3 Å². The summed E-state index contributed by atoms with van der Waals surface area (Å²) >= 11 is 0. The fraction of sp³-hybridized carbons (Fsp3) is 0.312. The molecule has 0 aliphatic heterocycles. The van der Waals surface area contributed by atoms with Crippen molar-refractivity contribution in [2.75, 3.05) is 14.2 Å². The molecule has 0 fully saturated rings. The zero-order valence-electron chi connectivity index (χ0n) is 12.1. The minimum atomic E-state index is 0.0576. The van der Waals surface area contributed by atoms with E-state index < -0.39 is 0 Å². The molecule has 0 atom stereocenters. The molecule has 20 heavy (non-hydrogen) atoms. The Bertz CT molecular complexity index is 647. The first-order valence-electron chi connectivity index (χ1n) is 6.73. The summed E-state index contributed by atoms with van der Waals surface area (Å²) in [5, 5.41) is 3.02. The van der Waals surface area contributed by atoms with Crippen LogP contribution >= 0.6 is 0 Å². The number of aromatic nitrogens is 1. The van der Waals surface area contributed by atoms with Crippen LogP contribution in [0.2, 0.25) is 0 Å². The van der Waals surface area contributed by atoms with Crippen molar-refractivity contribution in [3.63, 3.8) is 0 Å². The number of nitrogens with zero attached hydrogens (tertiary/aromatic N) is 1. The lowest BCUT2D eigenvalue weighted by Crippen LogP contribution is -2.26. The van der Waals surface area contributed by atoms with E-state index in [0.717, 1.165) is 22.6 Å². The van der Waals surface area contributed by atoms with Crippen molar-refractivity contribution >= 4 is 0 Å². The van der Waals surface area contributed by atoms with Crippen LogP contribution in [0.25, 0.3) is 11.3 Å². The van der Waals surface area contributed by atoms with Crippen molar-refractivity contribution in [3.8, 4) is 17.0 Å². The lowest BCUT2D eigenvalue weighted by molar-refractivity contribution is 0.415. The van der Waals surface area contributed by atoms with Gasteiger partial charge in [0.15, 0.2) is 0 Å². The maximum Gasteiger partial charge on any atom is 0.255 e. The molecule has 0 spiro atoms. The van der Waals surface area contributed by atoms with Crippen LogP contribution < -0.4 is 15.6 Å². The minimum Gasteiger partial charge on any atom is -0.497 e. The van der Waals surface area contributed by atoms with E-state index in [4.69, 9.17) is 4.74 Å². The summed E-state index contributed by atoms with van der Waals surface area (Å²) < 4.78 is 7.04. The number of hydrogen-bond donors (Lipinski definition) is 1. The molecule has 106 valence electrons. The number of pyridine rings is 1. The van der Waals surface area contributed by atoms with Gasteiger partial charge in [0.25, 0.3) is 5.56 Å². The number of nitrogens with one attached hydrogen (secondary N) is 1. The number of ether oxygens (including phenoxy) is 1. The molecule has 2 aromatic rings. The summed E-state index contributed by atoms with van der Waals surface area (Å²) in [4.78, 5) is 12.4. The Morgan fingerprint density at radius 2 is 2.05 bits per heavy atom. The van der Waals surface area contributed by atoms with Gasteiger partial charge in [-0.25, -0.2) is 0 Å². The molecule has 0 aliphatic carbocycles. The summed E-state index contributed by atoms with van der Waals surface area (Å²) in [6.07, 6.45) is 0. The summed E-state index contributed by atoms with van der Waals surface area (Å²) in [5.41, 5.74) is 2.73. The first-order chi connectivity index (χ1) is 9.71. The van der Waals surface area contributed by atoms with Gasteiger partial charge < -0.3 is 14.6 Å². The van der Waals surface area contributed by atoms with Gasteiger partial charge in [0.1, 0.15) is 5.75 Å². The number of benzene rings is 1. The molecular weight excluding hydrogens is 252 g/mol. The largest absolute Gasteiger partial charge is 0.497 e. The van der Waals surface area contributed by atoms with Gasteiger partial charge in [-0.3, -0.25) is 4.79 Å². The van der Waals surface area contributed by atoms with E-state index in [1.165, 1.54) is 0 Å². The second kappa shape index (κ2) is 6.39. The van der Waals surface area contributed by atoms with Crippen LogP contribution in [0.4, 0.5) is 0 Å². The van der Waals surface area contributed by atoms with Gasteiger partial charge in [-0.05, 0) is 32.2 Å². The average molecular weight is 272 g/mol. The Balaban J connectivity index is 2.56. The molecule has 0 saturated carbocycles. The fourth-order valence-corrected chi connectivity index (χ4v) is 2.30. The lowest BCUT2D eigenvalue weighted by Gasteiger charge is -2.13. The fourth-order valence-electron chi connectivity index (χ4n) is 2.30. The zero-order valence-corrected chi connectivity index (χ0v) is 12.1. The molecule has 1 aromatic carbocycles. The minimum absolute atomic E-state index is 0.0576. The third-order valence-corrected chi connectivity index (χ3v) is 3.30. The highest BCUT2D eigenvalue weighted by Gasteiger charge is 2.09. The topological polar surface area (TPSA) is 43.3 Å². The molecule has 0 aliphatic rings. The van der Waals surface area contributed by atoms with Gasteiger partial charge in [-0.1, -0.05) is 18.2 Å². The predicted molar refractivity (Wildman–Crippen MR) is 81.1 cm³/mol. The number of rotatable bonds is 5. The first kappa shape index (κ1) is 14.3. The van der Waals surface area contributed by atoms with E-state index in [1.54, 1.807) is 11.7 Å². The van der Waals surface area contributed by atoms with Gasteiger partial charge in [0, 0.05) is 24.2 Å². The zero-order chi connectivity index (χ0) is 14.5. The summed E-state index contributed by atoms with van der Waals surface area (Å²) in [7, 11) is 3.48. The third-order valence-electron chi connectivity index (χ3n) is 3.30. The standard InChI is InChI=1S/C16H20N2O2/c1-4-18-15(9-8-13(11-17-2)16(18)19)12-6-5-7-14(10-12)20-3/h5-10,17H,4,11H2,1-3H3. The average Bonchev–Trinajstić information content (AvgIpc) is 2.49. The molecule has 2 rings (SSSR count). The van der Waals surface area contributed by atoms with Crippen LogP contribution in [0.3, 0.4) is 0 Å². The molecule has 1 N–H and O–H groups in total. The van der Waals surface area contributed by atoms with E-state index in [0.29, 0.717) is 13.1 Å². The van der Waals surface area contributed by atoms with Gasteiger partial charge >= 0.3 is 0 Å². The molecule has 0 amide bonds. The van der Waals surface area contributed by atoms with E-state index in [2.05, 4.69) is 5.32 Å². The van der Waals surface area contributed by atoms with E-state index in [-0.39, 0.29) is 5.56 Å². The van der Waals surface area contributed by atoms with Crippen molar-refractivity contribution < 1.29 is 4.74 Å². The normalized spacial score (nSPS) is 10.6. The van der Waals surface area contributed by atoms with Crippen molar-refractivity contribution in [1.29, 1.82) is 0 Å². The van der Waals surface area contributed by atoms with Crippen LogP contribution in [-0.2, 0) is 13.1 Å². The summed E-state index contributed by atoms with van der Waals surface area (Å²) in [5.74, 6) is 0.789. The van der Waals surface area contributed by atoms with Crippen LogP contribution in [0, 0.1) is 0 Å². The molecular formula is C16H20N2O2. The van der Waals surface area contributed by atoms with Gasteiger partial charge in [0.05, 0.1) is 12.8 Å². The van der Waals surface area contributed by atoms with Crippen molar-refractivity contribution in [1.82, 2.24) is 9.88 Å². The van der Waals surface area contributed by atoms with Gasteiger partial charge in [0.2, 0.25) is 0 Å². The highest BCUT2D eigenvalue weighted by Crippen LogP contribution is 2.23. The van der Waals surface area contributed by atoms with E-state index in [1.807, 2.05) is 50.4 Å². The van der Waals surface area contributed by atoms with Gasteiger partial charge in [-0.2, -0.15) is 0 Å². The molecule has 0 bridgehead atoms. The quantitative estimate of drug-likeness (QED) is 0.908. The first-order valence-corrected chi connectivity index (χ1v) is 6.73. The Morgan fingerprint density at radius 1 is 1.25 bits per heavy atom. The molecule has 0 saturated heterocycles. The summed E-state index contributed by atoms with van der Waals surface area (Å²) in [6.45, 7) is 3.20. The maximum absolute atomic E-state index is 12.4. The Labute approximate surface area is 119 Å². The smallest absolute Gasteiger partial charge is 0.255 e. The predicted octanol–water partition coefficient (Wildman–Crippen LogP) is 2.26. The molecule has 1 aromatic heterocycles. The maximum atomic E-state index is 12.4. The lowest BCUT2D eigenvalue weighted by atomic mass is 10.1. The Kier molecular flexibility index (Phi) is 4.58. The molecule has 1 heterocycles. The van der Waals surface area contributed by atoms with Crippen LogP contribution in [0.1, 0.15) is 12.5 Å². The van der Waals surface area contributed by atoms with Gasteiger partial charge in [-0.15, -0.1) is 0 Å². The number of hydrogen-bond acceptors (Lipinski definition) is 3. The van der Waals surface area contributed by atoms with Crippen LogP contribution in [0.15, 0.2) is 41.2 Å². The number of methoxy groups -OCH3 is 1. The third kappa shape index (κ3) is 2.75. The second-order valence-corrected chi connectivity index (χ2v) is 4.56. The molecule has 0 radical (unpaired) electrons. The highest BCUT2D eigenvalue weighted by molar-refractivity contribution is 5.62. The summed E-state index contributed by atoms with van der Waals surface area (Å²) in [6, 6.07) is 11.6. The molecule has 0 unspecified atom stereocenters. The molecule has 4 nitrogen and oxygen atoms in total. The van der Waals surface area contributed by atoms with Crippen molar-refractivity contribution in [2.24, 2.45) is 0 Å². The monoisotopic (exact) mass is 272 g/mol. The van der Waals surface area contributed by atoms with E-state index >= 15 is 0 Å². The SMILES string of the molecule is CCn1c(-c2cccc(OC)c2)ccc(CNC)c1=O. The Hall–Kier alpha value is -2.07. The van der Waals surface area contributed by atoms with Crippen molar-refractivity contribution in [2.45, 2.75) is 20.0 Å². The van der Waals surface area contributed by atoms with E-state index in [9.17, 15) is 4.79 Å². The van der Waals surface area contributed by atoms with Crippen LogP contribution in [-0.4, -0.2) is 18.7 Å². The second-order valence-electron chi connectivity index (χ2n) is 4.56.